The van der Waals surface area contributed by atoms with Crippen LogP contribution in [0.4, 0.5) is 8.78 Å². The zero-order valence-electron chi connectivity index (χ0n) is 10.4. The summed E-state index contributed by atoms with van der Waals surface area (Å²) in [4.78, 5) is 11.8. The van der Waals surface area contributed by atoms with Crippen LogP contribution >= 0.6 is 0 Å². The van der Waals surface area contributed by atoms with Crippen LogP contribution in [0.5, 0.6) is 0 Å². The van der Waals surface area contributed by atoms with Gasteiger partial charge >= 0.3 is 0 Å². The second kappa shape index (κ2) is 6.15. The van der Waals surface area contributed by atoms with Crippen molar-refractivity contribution < 1.29 is 13.6 Å². The number of hydrogen-bond acceptors (Lipinski definition) is 1. The third-order valence-corrected chi connectivity index (χ3v) is 2.69. The average Bonchev–Trinajstić information content (AvgIpc) is 2.33. The fourth-order valence-electron chi connectivity index (χ4n) is 1.53. The van der Waals surface area contributed by atoms with Crippen LogP contribution in [0.3, 0.4) is 0 Å². The number of carbonyl (C=O) groups is 1. The summed E-state index contributed by atoms with van der Waals surface area (Å²) in [5.74, 6) is 0.334. The van der Waals surface area contributed by atoms with Gasteiger partial charge in [0.25, 0.3) is 5.91 Å². The van der Waals surface area contributed by atoms with Crippen molar-refractivity contribution in [3.05, 3.63) is 34.9 Å². The number of aryl methyl sites for hydroxylation is 1. The molecular formula is C14H15F2NO. The maximum absolute atomic E-state index is 13.5. The highest BCUT2D eigenvalue weighted by Crippen LogP contribution is 2.14. The van der Waals surface area contributed by atoms with Crippen LogP contribution < -0.4 is 5.32 Å². The molecule has 2 nitrogen and oxygen atoms in total. The molecule has 0 bridgehead atoms. The fraction of sp³-hybridized carbons (Fsp3) is 0.357. The standard InChI is InChI=1S/C14H15F2NO/c1-4-6-10(5-2)17-14(18)11-7-9(3)12(15)8-13(11)16/h1,7-8,10H,5-6H2,2-3H3,(H,17,18). The molecule has 18 heavy (non-hydrogen) atoms. The molecule has 1 atom stereocenters. The summed E-state index contributed by atoms with van der Waals surface area (Å²) in [5, 5.41) is 2.63. The van der Waals surface area contributed by atoms with Gasteiger partial charge < -0.3 is 5.32 Å². The molecular weight excluding hydrogens is 236 g/mol. The summed E-state index contributed by atoms with van der Waals surface area (Å²) in [5.41, 5.74) is 0.0657. The maximum atomic E-state index is 13.5. The van der Waals surface area contributed by atoms with Gasteiger partial charge in [-0.1, -0.05) is 6.92 Å². The third-order valence-electron chi connectivity index (χ3n) is 2.69. The molecule has 1 unspecified atom stereocenters. The van der Waals surface area contributed by atoms with E-state index in [1.54, 1.807) is 0 Å². The molecule has 0 saturated heterocycles. The summed E-state index contributed by atoms with van der Waals surface area (Å²) in [6.45, 7) is 3.35. The largest absolute Gasteiger partial charge is 0.348 e. The van der Waals surface area contributed by atoms with Gasteiger partial charge in [0.2, 0.25) is 0 Å². The van der Waals surface area contributed by atoms with E-state index in [1.807, 2.05) is 6.92 Å². The van der Waals surface area contributed by atoms with Gasteiger partial charge in [0, 0.05) is 18.5 Å². The molecule has 0 spiro atoms. The van der Waals surface area contributed by atoms with Gasteiger partial charge in [-0.25, -0.2) is 8.78 Å². The first-order chi connectivity index (χ1) is 8.49. The van der Waals surface area contributed by atoms with Gasteiger partial charge in [-0.05, 0) is 25.0 Å². The predicted molar refractivity (Wildman–Crippen MR) is 66.1 cm³/mol. The molecule has 1 rings (SSSR count). The monoisotopic (exact) mass is 251 g/mol. The Morgan fingerprint density at radius 1 is 1.44 bits per heavy atom. The van der Waals surface area contributed by atoms with E-state index < -0.39 is 17.5 Å². The molecule has 0 radical (unpaired) electrons. The minimum Gasteiger partial charge on any atom is -0.348 e. The van der Waals surface area contributed by atoms with Crippen molar-refractivity contribution in [2.24, 2.45) is 0 Å². The average molecular weight is 251 g/mol. The van der Waals surface area contributed by atoms with Gasteiger partial charge in [0.05, 0.1) is 5.56 Å². The van der Waals surface area contributed by atoms with Crippen LogP contribution in [-0.4, -0.2) is 11.9 Å². The van der Waals surface area contributed by atoms with Gasteiger partial charge in [0.15, 0.2) is 0 Å². The van der Waals surface area contributed by atoms with Gasteiger partial charge in [-0.3, -0.25) is 4.79 Å². The second-order valence-electron chi connectivity index (χ2n) is 4.07. The van der Waals surface area contributed by atoms with E-state index in [4.69, 9.17) is 6.42 Å². The zero-order chi connectivity index (χ0) is 13.7. The Morgan fingerprint density at radius 2 is 2.11 bits per heavy atom. The number of amides is 1. The molecule has 1 N–H and O–H groups in total. The third kappa shape index (κ3) is 3.30. The van der Waals surface area contributed by atoms with Crippen LogP contribution in [-0.2, 0) is 0 Å². The molecule has 4 heteroatoms. The summed E-state index contributed by atoms with van der Waals surface area (Å²) < 4.78 is 26.6. The number of rotatable bonds is 4. The number of nitrogens with one attached hydrogen (secondary N) is 1. The Kier molecular flexibility index (Phi) is 4.85. The van der Waals surface area contributed by atoms with E-state index in [2.05, 4.69) is 11.2 Å². The summed E-state index contributed by atoms with van der Waals surface area (Å²) in [6, 6.07) is 1.71. The van der Waals surface area contributed by atoms with Gasteiger partial charge in [-0.15, -0.1) is 12.3 Å². The maximum Gasteiger partial charge on any atom is 0.254 e. The van der Waals surface area contributed by atoms with Gasteiger partial charge in [0.1, 0.15) is 11.6 Å². The van der Waals surface area contributed by atoms with Crippen LogP contribution in [0.15, 0.2) is 12.1 Å². The van der Waals surface area contributed by atoms with Crippen LogP contribution in [0.25, 0.3) is 0 Å². The molecule has 1 aromatic carbocycles. The predicted octanol–water partition coefficient (Wildman–Crippen LogP) is 2.80. The number of halogens is 2. The smallest absolute Gasteiger partial charge is 0.254 e. The topological polar surface area (TPSA) is 29.1 Å². The first kappa shape index (κ1) is 14.2. The first-order valence-electron chi connectivity index (χ1n) is 5.69. The first-order valence-corrected chi connectivity index (χ1v) is 5.69. The summed E-state index contributed by atoms with van der Waals surface area (Å²) in [7, 11) is 0. The van der Waals surface area contributed by atoms with E-state index in [0.717, 1.165) is 0 Å². The van der Waals surface area contributed by atoms with E-state index >= 15 is 0 Å². The number of hydrogen-bond donors (Lipinski definition) is 1. The molecule has 1 aromatic rings. The van der Waals surface area contributed by atoms with Crippen LogP contribution in [0.2, 0.25) is 0 Å². The molecule has 0 heterocycles. The lowest BCUT2D eigenvalue weighted by Crippen LogP contribution is -2.34. The highest BCUT2D eigenvalue weighted by atomic mass is 19.1. The summed E-state index contributed by atoms with van der Waals surface area (Å²) in [6.07, 6.45) is 6.20. The van der Waals surface area contributed by atoms with Crippen molar-refractivity contribution in [1.29, 1.82) is 0 Å². The van der Waals surface area contributed by atoms with Crippen LogP contribution in [0, 0.1) is 30.9 Å². The highest BCUT2D eigenvalue weighted by molar-refractivity contribution is 5.94. The normalized spacial score (nSPS) is 11.7. The van der Waals surface area contributed by atoms with E-state index in [9.17, 15) is 13.6 Å². The van der Waals surface area contributed by atoms with Gasteiger partial charge in [-0.2, -0.15) is 0 Å². The molecule has 0 aliphatic rings. The molecule has 1 amide bonds. The minimum absolute atomic E-state index is 0.163. The Balaban J connectivity index is 2.91. The lowest BCUT2D eigenvalue weighted by atomic mass is 10.1. The van der Waals surface area contributed by atoms with E-state index in [-0.39, 0.29) is 17.2 Å². The zero-order valence-corrected chi connectivity index (χ0v) is 10.4. The minimum atomic E-state index is -0.869. The lowest BCUT2D eigenvalue weighted by Gasteiger charge is -2.14. The van der Waals surface area contributed by atoms with E-state index in [0.29, 0.717) is 18.9 Å². The van der Waals surface area contributed by atoms with Crippen molar-refractivity contribution in [1.82, 2.24) is 5.32 Å². The number of carbonyl (C=O) groups excluding carboxylic acids is 1. The Hall–Kier alpha value is -1.89. The quantitative estimate of drug-likeness (QED) is 0.819. The number of terminal acetylenes is 1. The van der Waals surface area contributed by atoms with Crippen molar-refractivity contribution >= 4 is 5.91 Å². The van der Waals surface area contributed by atoms with Crippen molar-refractivity contribution in [2.75, 3.05) is 0 Å². The molecule has 0 aliphatic carbocycles. The number of benzene rings is 1. The van der Waals surface area contributed by atoms with E-state index in [1.165, 1.54) is 13.0 Å². The van der Waals surface area contributed by atoms with Crippen molar-refractivity contribution in [3.8, 4) is 12.3 Å². The Bertz CT molecular complexity index is 491. The SMILES string of the molecule is C#CCC(CC)NC(=O)c1cc(C)c(F)cc1F. The van der Waals surface area contributed by atoms with Crippen LogP contribution in [0.1, 0.15) is 35.7 Å². The Labute approximate surface area is 105 Å². The highest BCUT2D eigenvalue weighted by Gasteiger charge is 2.17. The fourth-order valence-corrected chi connectivity index (χ4v) is 1.53. The molecule has 0 aromatic heterocycles. The lowest BCUT2D eigenvalue weighted by molar-refractivity contribution is 0.0932. The summed E-state index contributed by atoms with van der Waals surface area (Å²) >= 11 is 0. The molecule has 0 aliphatic heterocycles. The van der Waals surface area contributed by atoms with Crippen molar-refractivity contribution in [2.45, 2.75) is 32.7 Å². The van der Waals surface area contributed by atoms with Crippen molar-refractivity contribution in [3.63, 3.8) is 0 Å². The molecule has 0 saturated carbocycles. The molecule has 0 fully saturated rings. The molecule has 96 valence electrons. The Morgan fingerprint density at radius 3 is 2.67 bits per heavy atom. The second-order valence-corrected chi connectivity index (χ2v) is 4.07.